The number of nitrogens with one attached hydrogen (secondary N) is 1. The highest BCUT2D eigenvalue weighted by molar-refractivity contribution is 5.83. The molecule has 0 bridgehead atoms. The van der Waals surface area contributed by atoms with E-state index in [4.69, 9.17) is 19.9 Å². The second kappa shape index (κ2) is 6.89. The zero-order chi connectivity index (χ0) is 20.2. The second-order valence-electron chi connectivity index (χ2n) is 8.44. The van der Waals surface area contributed by atoms with Gasteiger partial charge in [0.05, 0.1) is 6.33 Å². The molecule has 0 spiro atoms. The van der Waals surface area contributed by atoms with Crippen molar-refractivity contribution in [2.24, 2.45) is 0 Å². The maximum absolute atomic E-state index is 13.1. The Hall–Kier alpha value is -2.30. The Balaban J connectivity index is 1.44. The molecule has 2 aliphatic heterocycles. The number of aromatic nitrogens is 4. The van der Waals surface area contributed by atoms with Crippen molar-refractivity contribution in [1.29, 1.82) is 0 Å². The Bertz CT molecular complexity index is 925. The molecule has 2 aromatic heterocycles. The number of amides is 1. The van der Waals surface area contributed by atoms with Gasteiger partial charge in [0.1, 0.15) is 24.1 Å². The minimum Gasteiger partial charge on any atom is -0.382 e. The molecule has 3 fully saturated rings. The van der Waals surface area contributed by atoms with Gasteiger partial charge in [0.25, 0.3) is 5.91 Å². The lowest BCUT2D eigenvalue weighted by Crippen LogP contribution is -2.47. The molecule has 1 amide bonds. The molecule has 0 unspecified atom stereocenters. The van der Waals surface area contributed by atoms with Gasteiger partial charge in [0.15, 0.2) is 29.6 Å². The minimum atomic E-state index is -0.814. The lowest BCUT2D eigenvalue weighted by molar-refractivity contribution is -0.197. The number of carbonyl (C=O) groups excluding carboxylic acids is 1. The van der Waals surface area contributed by atoms with Crippen molar-refractivity contribution in [3.63, 3.8) is 0 Å². The van der Waals surface area contributed by atoms with Gasteiger partial charge in [-0.15, -0.1) is 0 Å². The molecule has 0 aromatic carbocycles. The van der Waals surface area contributed by atoms with E-state index in [1.807, 2.05) is 13.8 Å². The average Bonchev–Trinajstić information content (AvgIpc) is 3.33. The summed E-state index contributed by atoms with van der Waals surface area (Å²) in [7, 11) is 0. The van der Waals surface area contributed by atoms with Crippen molar-refractivity contribution in [2.75, 3.05) is 5.73 Å². The summed E-state index contributed by atoms with van der Waals surface area (Å²) in [6.45, 7) is 3.68. The summed E-state index contributed by atoms with van der Waals surface area (Å²) in [5.74, 6) is -0.682. The molecule has 0 radical (unpaired) electrons. The molecule has 2 aromatic rings. The number of ether oxygens (including phenoxy) is 3. The zero-order valence-electron chi connectivity index (χ0n) is 16.6. The van der Waals surface area contributed by atoms with Crippen molar-refractivity contribution < 1.29 is 19.0 Å². The Labute approximate surface area is 168 Å². The van der Waals surface area contributed by atoms with Gasteiger partial charge in [0, 0.05) is 6.04 Å². The number of imidazole rings is 1. The van der Waals surface area contributed by atoms with Crippen LogP contribution >= 0.6 is 0 Å². The first-order valence-corrected chi connectivity index (χ1v) is 10.2. The zero-order valence-corrected chi connectivity index (χ0v) is 16.6. The van der Waals surface area contributed by atoms with Gasteiger partial charge >= 0.3 is 0 Å². The van der Waals surface area contributed by atoms with Gasteiger partial charge in [-0.2, -0.15) is 0 Å². The van der Waals surface area contributed by atoms with E-state index in [1.54, 1.807) is 10.9 Å². The topological polar surface area (TPSA) is 126 Å². The lowest BCUT2D eigenvalue weighted by atomic mass is 9.95. The first-order chi connectivity index (χ1) is 13.9. The molecule has 5 rings (SSSR count). The SMILES string of the molecule is CC1(C)O[C@@H]2[C@H](O1)[C@@H](C(=O)NC1CCCCC1)O[C@H]2n1cnc2c(N)ncnc21. The third kappa shape index (κ3) is 3.24. The smallest absolute Gasteiger partial charge is 0.252 e. The second-order valence-corrected chi connectivity index (χ2v) is 8.44. The molecular formula is C19H26N6O4. The number of nitrogen functional groups attached to an aromatic ring is 1. The van der Waals surface area contributed by atoms with Crippen LogP contribution in [-0.2, 0) is 19.0 Å². The van der Waals surface area contributed by atoms with E-state index in [1.165, 1.54) is 12.7 Å². The van der Waals surface area contributed by atoms with Gasteiger partial charge in [-0.05, 0) is 26.7 Å². The van der Waals surface area contributed by atoms with Gasteiger partial charge in [-0.3, -0.25) is 9.36 Å². The molecule has 3 aliphatic rings. The number of rotatable bonds is 3. The monoisotopic (exact) mass is 402 g/mol. The van der Waals surface area contributed by atoms with Crippen LogP contribution in [0.4, 0.5) is 5.82 Å². The molecule has 1 saturated carbocycles. The summed E-state index contributed by atoms with van der Waals surface area (Å²) in [4.78, 5) is 25.6. The van der Waals surface area contributed by atoms with Gasteiger partial charge in [-0.1, -0.05) is 19.3 Å². The van der Waals surface area contributed by atoms with Gasteiger partial charge < -0.3 is 25.3 Å². The van der Waals surface area contributed by atoms with Crippen LogP contribution in [0.15, 0.2) is 12.7 Å². The van der Waals surface area contributed by atoms with E-state index in [2.05, 4.69) is 20.3 Å². The highest BCUT2D eigenvalue weighted by atomic mass is 16.8. The molecule has 29 heavy (non-hydrogen) atoms. The maximum atomic E-state index is 13.1. The van der Waals surface area contributed by atoms with Crippen molar-refractivity contribution in [2.45, 2.75) is 82.3 Å². The molecule has 156 valence electrons. The van der Waals surface area contributed by atoms with E-state index < -0.39 is 30.3 Å². The molecule has 1 aliphatic carbocycles. The van der Waals surface area contributed by atoms with Gasteiger partial charge in [0.2, 0.25) is 0 Å². The standard InChI is InChI=1S/C19H26N6O4/c1-19(2)28-12-13(17(26)24-10-6-4-3-5-7-10)27-18(14(12)29-19)25-9-23-11-15(20)21-8-22-16(11)25/h8-10,12-14,18H,3-7H2,1-2H3,(H,24,26)(H2,20,21,22)/t12-,13+,14-,18-/m1/s1. The predicted molar refractivity (Wildman–Crippen MR) is 102 cm³/mol. The van der Waals surface area contributed by atoms with E-state index in [0.29, 0.717) is 17.0 Å². The molecule has 4 atom stereocenters. The fraction of sp³-hybridized carbons (Fsp3) is 0.684. The Kier molecular flexibility index (Phi) is 4.45. The summed E-state index contributed by atoms with van der Waals surface area (Å²) < 4.78 is 20.1. The third-order valence-corrected chi connectivity index (χ3v) is 5.90. The number of nitrogens with zero attached hydrogens (tertiary/aromatic N) is 4. The third-order valence-electron chi connectivity index (χ3n) is 5.90. The number of fused-ring (bicyclic) bond motifs is 2. The minimum absolute atomic E-state index is 0.158. The van der Waals surface area contributed by atoms with Crippen LogP contribution in [-0.4, -0.2) is 55.6 Å². The first-order valence-electron chi connectivity index (χ1n) is 10.2. The van der Waals surface area contributed by atoms with Crippen molar-refractivity contribution in [3.05, 3.63) is 12.7 Å². The van der Waals surface area contributed by atoms with Crippen LogP contribution in [0.2, 0.25) is 0 Å². The number of hydrogen-bond donors (Lipinski definition) is 2. The number of anilines is 1. The quantitative estimate of drug-likeness (QED) is 0.786. The summed E-state index contributed by atoms with van der Waals surface area (Å²) in [5.41, 5.74) is 6.93. The Morgan fingerprint density at radius 1 is 1.17 bits per heavy atom. The Morgan fingerprint density at radius 3 is 2.72 bits per heavy atom. The number of carbonyl (C=O) groups is 1. The summed E-state index contributed by atoms with van der Waals surface area (Å²) in [6.07, 6.45) is 6.11. The van der Waals surface area contributed by atoms with Crippen LogP contribution in [0.3, 0.4) is 0 Å². The lowest BCUT2D eigenvalue weighted by Gasteiger charge is -2.27. The summed E-state index contributed by atoms with van der Waals surface area (Å²) in [5, 5.41) is 3.14. The highest BCUT2D eigenvalue weighted by Crippen LogP contribution is 2.44. The van der Waals surface area contributed by atoms with Crippen molar-refractivity contribution in [3.8, 4) is 0 Å². The summed E-state index contributed by atoms with van der Waals surface area (Å²) >= 11 is 0. The predicted octanol–water partition coefficient (Wildman–Crippen LogP) is 1.27. The highest BCUT2D eigenvalue weighted by Gasteiger charge is 2.58. The number of nitrogens with two attached hydrogens (primary N) is 1. The molecular weight excluding hydrogens is 376 g/mol. The molecule has 3 N–H and O–H groups in total. The fourth-order valence-electron chi connectivity index (χ4n) is 4.60. The van der Waals surface area contributed by atoms with Crippen molar-refractivity contribution in [1.82, 2.24) is 24.8 Å². The van der Waals surface area contributed by atoms with Crippen LogP contribution < -0.4 is 11.1 Å². The largest absolute Gasteiger partial charge is 0.382 e. The summed E-state index contributed by atoms with van der Waals surface area (Å²) in [6, 6.07) is 0.189. The Morgan fingerprint density at radius 2 is 1.93 bits per heavy atom. The average molecular weight is 402 g/mol. The molecule has 2 saturated heterocycles. The number of hydrogen-bond acceptors (Lipinski definition) is 8. The van der Waals surface area contributed by atoms with E-state index in [0.717, 1.165) is 25.7 Å². The van der Waals surface area contributed by atoms with Gasteiger partial charge in [-0.25, -0.2) is 15.0 Å². The van der Waals surface area contributed by atoms with Crippen LogP contribution in [0, 0.1) is 0 Å². The maximum Gasteiger partial charge on any atom is 0.252 e. The molecule has 10 heteroatoms. The van der Waals surface area contributed by atoms with E-state index in [9.17, 15) is 4.79 Å². The normalized spacial score (nSPS) is 31.8. The van der Waals surface area contributed by atoms with Crippen molar-refractivity contribution >= 4 is 22.9 Å². The van der Waals surface area contributed by atoms with Crippen LogP contribution in [0.25, 0.3) is 11.2 Å². The van der Waals surface area contributed by atoms with E-state index in [-0.39, 0.29) is 11.9 Å². The first kappa shape index (κ1) is 18.7. The molecule has 4 heterocycles. The van der Waals surface area contributed by atoms with Crippen LogP contribution in [0.5, 0.6) is 0 Å². The van der Waals surface area contributed by atoms with Crippen LogP contribution in [0.1, 0.15) is 52.2 Å². The fourth-order valence-corrected chi connectivity index (χ4v) is 4.60. The molecule has 10 nitrogen and oxygen atoms in total. The van der Waals surface area contributed by atoms with E-state index >= 15 is 0 Å².